The Morgan fingerprint density at radius 1 is 1.42 bits per heavy atom. The minimum absolute atomic E-state index is 0.00713. The number of carbonyl (C=O) groups is 2. The van der Waals surface area contributed by atoms with Crippen molar-refractivity contribution in [3.8, 4) is 0 Å². The van der Waals surface area contributed by atoms with Crippen LogP contribution in [0.25, 0.3) is 0 Å². The molecule has 0 radical (unpaired) electrons. The molecule has 0 saturated heterocycles. The van der Waals surface area contributed by atoms with E-state index in [0.29, 0.717) is 6.54 Å². The number of imidazole rings is 1. The largest absolute Gasteiger partial charge is 0.481 e. The van der Waals surface area contributed by atoms with Crippen LogP contribution < -0.4 is 5.32 Å². The summed E-state index contributed by atoms with van der Waals surface area (Å²) in [6, 6.07) is 0. The summed E-state index contributed by atoms with van der Waals surface area (Å²) >= 11 is 0. The summed E-state index contributed by atoms with van der Waals surface area (Å²) in [5, 5.41) is 11.5. The molecule has 0 aliphatic rings. The molecule has 0 saturated carbocycles. The van der Waals surface area contributed by atoms with E-state index in [1.807, 2.05) is 0 Å². The van der Waals surface area contributed by atoms with Crippen molar-refractivity contribution in [1.82, 2.24) is 15.3 Å². The van der Waals surface area contributed by atoms with Crippen LogP contribution in [0.4, 0.5) is 0 Å². The number of carbonyl (C=O) groups excluding carboxylic acids is 1. The number of hydrogen-bond acceptors (Lipinski definition) is 3. The number of aliphatic carboxylic acids is 1. The van der Waals surface area contributed by atoms with Crippen molar-refractivity contribution in [2.75, 3.05) is 6.54 Å². The van der Waals surface area contributed by atoms with Crippen molar-refractivity contribution in [2.45, 2.75) is 39.5 Å². The molecule has 0 unspecified atom stereocenters. The highest BCUT2D eigenvalue weighted by atomic mass is 16.4. The van der Waals surface area contributed by atoms with Crippen molar-refractivity contribution in [2.24, 2.45) is 5.41 Å². The minimum Gasteiger partial charge on any atom is -0.481 e. The molecule has 0 atom stereocenters. The Hall–Kier alpha value is -1.85. The highest BCUT2D eigenvalue weighted by Gasteiger charge is 2.24. The van der Waals surface area contributed by atoms with Crippen LogP contribution in [0, 0.1) is 5.41 Å². The van der Waals surface area contributed by atoms with Crippen LogP contribution in [-0.2, 0) is 16.0 Å². The number of H-pyrrole nitrogens is 1. The maximum absolute atomic E-state index is 11.7. The summed E-state index contributed by atoms with van der Waals surface area (Å²) in [7, 11) is 0. The summed E-state index contributed by atoms with van der Waals surface area (Å²) in [4.78, 5) is 29.4. The second-order valence-electron chi connectivity index (χ2n) is 5.40. The van der Waals surface area contributed by atoms with Crippen molar-refractivity contribution < 1.29 is 14.7 Å². The predicted octanol–water partition coefficient (Wildman–Crippen LogP) is 1.35. The second-order valence-corrected chi connectivity index (χ2v) is 5.40. The Labute approximate surface area is 112 Å². The average molecular weight is 267 g/mol. The number of aryl methyl sites for hydroxylation is 1. The second kappa shape index (κ2) is 6.92. The molecule has 0 bridgehead atoms. The smallest absolute Gasteiger partial charge is 0.303 e. The lowest BCUT2D eigenvalue weighted by Crippen LogP contribution is -2.30. The van der Waals surface area contributed by atoms with E-state index in [-0.39, 0.29) is 18.7 Å². The van der Waals surface area contributed by atoms with Crippen LogP contribution in [0.3, 0.4) is 0 Å². The molecule has 0 spiro atoms. The summed E-state index contributed by atoms with van der Waals surface area (Å²) in [5.74, 6) is -0.0817. The van der Waals surface area contributed by atoms with Crippen LogP contribution >= 0.6 is 0 Å². The highest BCUT2D eigenvalue weighted by Crippen LogP contribution is 2.24. The molecule has 0 fully saturated rings. The number of nitrogens with zero attached hydrogens (tertiary/aromatic N) is 1. The average Bonchev–Trinajstić information content (AvgIpc) is 2.74. The Bertz CT molecular complexity index is 413. The van der Waals surface area contributed by atoms with Gasteiger partial charge in [-0.05, 0) is 11.8 Å². The normalized spacial score (nSPS) is 11.3. The number of amides is 1. The van der Waals surface area contributed by atoms with Gasteiger partial charge in [0.25, 0.3) is 0 Å². The van der Waals surface area contributed by atoms with Gasteiger partial charge in [0.1, 0.15) is 5.82 Å². The third kappa shape index (κ3) is 6.59. The molecule has 0 aliphatic carbocycles. The standard InChI is InChI=1S/C13H21N3O3/c1-13(2,9-12(18)19)8-11(17)16-5-3-4-10-14-6-7-15-10/h6-7H,3-5,8-9H2,1-2H3,(H,14,15)(H,16,17)(H,18,19). The van der Waals surface area contributed by atoms with Gasteiger partial charge in [-0.1, -0.05) is 13.8 Å². The molecule has 0 aromatic carbocycles. The van der Waals surface area contributed by atoms with Gasteiger partial charge in [0.15, 0.2) is 0 Å². The molecule has 1 aromatic heterocycles. The van der Waals surface area contributed by atoms with E-state index in [2.05, 4.69) is 15.3 Å². The maximum Gasteiger partial charge on any atom is 0.303 e. The fourth-order valence-electron chi connectivity index (χ4n) is 1.89. The molecule has 1 aromatic rings. The molecule has 1 rings (SSSR count). The van der Waals surface area contributed by atoms with Crippen LogP contribution in [0.2, 0.25) is 0 Å². The van der Waals surface area contributed by atoms with E-state index in [4.69, 9.17) is 5.11 Å². The van der Waals surface area contributed by atoms with Gasteiger partial charge < -0.3 is 15.4 Å². The van der Waals surface area contributed by atoms with Crippen molar-refractivity contribution in [3.63, 3.8) is 0 Å². The Morgan fingerprint density at radius 2 is 2.16 bits per heavy atom. The fraction of sp³-hybridized carbons (Fsp3) is 0.615. The van der Waals surface area contributed by atoms with Crippen molar-refractivity contribution >= 4 is 11.9 Å². The molecule has 0 aliphatic heterocycles. The van der Waals surface area contributed by atoms with Gasteiger partial charge in [-0.15, -0.1) is 0 Å². The summed E-state index contributed by atoms with van der Waals surface area (Å²) < 4.78 is 0. The lowest BCUT2D eigenvalue weighted by Gasteiger charge is -2.21. The highest BCUT2D eigenvalue weighted by molar-refractivity contribution is 5.77. The van der Waals surface area contributed by atoms with Crippen molar-refractivity contribution in [1.29, 1.82) is 0 Å². The quantitative estimate of drug-likeness (QED) is 0.619. The zero-order valence-corrected chi connectivity index (χ0v) is 11.4. The molecule has 1 amide bonds. The Morgan fingerprint density at radius 3 is 2.74 bits per heavy atom. The van der Waals surface area contributed by atoms with Gasteiger partial charge in [0.05, 0.1) is 6.42 Å². The zero-order valence-electron chi connectivity index (χ0n) is 11.4. The Balaban J connectivity index is 2.18. The van der Waals surface area contributed by atoms with E-state index >= 15 is 0 Å². The molecule has 6 nitrogen and oxygen atoms in total. The topological polar surface area (TPSA) is 95.1 Å². The summed E-state index contributed by atoms with van der Waals surface area (Å²) in [6.07, 6.45) is 5.27. The van der Waals surface area contributed by atoms with Gasteiger partial charge in [-0.3, -0.25) is 9.59 Å². The number of aromatic amines is 1. The van der Waals surface area contributed by atoms with E-state index < -0.39 is 11.4 Å². The summed E-state index contributed by atoms with van der Waals surface area (Å²) in [6.45, 7) is 4.13. The first kappa shape index (κ1) is 15.2. The van der Waals surface area contributed by atoms with Crippen LogP contribution in [0.5, 0.6) is 0 Å². The third-order valence-corrected chi connectivity index (χ3v) is 2.74. The molecule has 19 heavy (non-hydrogen) atoms. The fourth-order valence-corrected chi connectivity index (χ4v) is 1.89. The summed E-state index contributed by atoms with van der Waals surface area (Å²) in [5.41, 5.74) is -0.517. The maximum atomic E-state index is 11.7. The number of carboxylic acid groups (broad SMARTS) is 1. The molecular formula is C13H21N3O3. The monoisotopic (exact) mass is 267 g/mol. The van der Waals surface area contributed by atoms with Crippen LogP contribution in [0.15, 0.2) is 12.4 Å². The number of rotatable bonds is 8. The van der Waals surface area contributed by atoms with Gasteiger partial charge >= 0.3 is 5.97 Å². The molecular weight excluding hydrogens is 246 g/mol. The first-order chi connectivity index (χ1) is 8.89. The van der Waals surface area contributed by atoms with E-state index in [0.717, 1.165) is 18.7 Å². The van der Waals surface area contributed by atoms with Gasteiger partial charge in [0.2, 0.25) is 5.91 Å². The molecule has 106 valence electrons. The van der Waals surface area contributed by atoms with E-state index in [9.17, 15) is 9.59 Å². The Kier molecular flexibility index (Phi) is 5.54. The van der Waals surface area contributed by atoms with Crippen molar-refractivity contribution in [3.05, 3.63) is 18.2 Å². The third-order valence-electron chi connectivity index (χ3n) is 2.74. The predicted molar refractivity (Wildman–Crippen MR) is 70.6 cm³/mol. The first-order valence-electron chi connectivity index (χ1n) is 6.36. The lowest BCUT2D eigenvalue weighted by molar-refractivity contribution is -0.139. The van der Waals surface area contributed by atoms with Crippen LogP contribution in [0.1, 0.15) is 38.9 Å². The zero-order chi connectivity index (χ0) is 14.3. The SMILES string of the molecule is CC(C)(CC(=O)O)CC(=O)NCCCc1ncc[nH]1. The lowest BCUT2D eigenvalue weighted by atomic mass is 9.85. The van der Waals surface area contributed by atoms with Gasteiger partial charge in [-0.2, -0.15) is 0 Å². The molecule has 1 heterocycles. The molecule has 3 N–H and O–H groups in total. The number of carboxylic acids is 1. The molecule has 6 heteroatoms. The number of nitrogens with one attached hydrogen (secondary N) is 2. The van der Waals surface area contributed by atoms with E-state index in [1.54, 1.807) is 26.2 Å². The van der Waals surface area contributed by atoms with Gasteiger partial charge in [-0.25, -0.2) is 4.98 Å². The minimum atomic E-state index is -0.879. The van der Waals surface area contributed by atoms with Gasteiger partial charge in [0, 0.05) is 31.8 Å². The van der Waals surface area contributed by atoms with Crippen LogP contribution in [-0.4, -0.2) is 33.5 Å². The number of aromatic nitrogens is 2. The van der Waals surface area contributed by atoms with E-state index in [1.165, 1.54) is 0 Å². The first-order valence-corrected chi connectivity index (χ1v) is 6.36. The number of hydrogen-bond donors (Lipinski definition) is 3.